The van der Waals surface area contributed by atoms with E-state index >= 15 is 0 Å². The monoisotopic (exact) mass is 219 g/mol. The van der Waals surface area contributed by atoms with E-state index in [1.54, 1.807) is 7.11 Å². The molecule has 1 unspecified atom stereocenters. The second-order valence-electron chi connectivity index (χ2n) is 4.71. The summed E-state index contributed by atoms with van der Waals surface area (Å²) in [6.07, 6.45) is 5.12. The van der Waals surface area contributed by atoms with Crippen LogP contribution in [0.15, 0.2) is 24.3 Å². The topological polar surface area (TPSA) is 21.3 Å². The van der Waals surface area contributed by atoms with Gasteiger partial charge in [0.05, 0.1) is 7.11 Å². The van der Waals surface area contributed by atoms with Gasteiger partial charge in [-0.1, -0.05) is 24.6 Å². The maximum atomic E-state index is 5.36. The molecule has 0 aromatic heterocycles. The average molecular weight is 219 g/mol. The Hall–Kier alpha value is -1.02. The molecule has 0 amide bonds. The summed E-state index contributed by atoms with van der Waals surface area (Å²) in [5.74, 6) is 1.00. The zero-order valence-electron chi connectivity index (χ0n) is 10.2. The molecular weight excluding hydrogens is 198 g/mol. The minimum atomic E-state index is 0.529. The van der Waals surface area contributed by atoms with E-state index in [9.17, 15) is 0 Å². The molecule has 1 fully saturated rings. The van der Waals surface area contributed by atoms with Gasteiger partial charge in [0.1, 0.15) is 5.75 Å². The fourth-order valence-corrected chi connectivity index (χ4v) is 2.24. The third-order valence-electron chi connectivity index (χ3n) is 3.34. The molecule has 2 heteroatoms. The van der Waals surface area contributed by atoms with Crippen molar-refractivity contribution in [2.24, 2.45) is 0 Å². The van der Waals surface area contributed by atoms with Crippen LogP contribution in [0.5, 0.6) is 5.75 Å². The summed E-state index contributed by atoms with van der Waals surface area (Å²) < 4.78 is 5.36. The first-order valence-electron chi connectivity index (χ1n) is 6.17. The highest BCUT2D eigenvalue weighted by molar-refractivity contribution is 5.33. The predicted molar refractivity (Wildman–Crippen MR) is 66.9 cm³/mol. The average Bonchev–Trinajstić information content (AvgIpc) is 2.24. The van der Waals surface area contributed by atoms with E-state index in [1.165, 1.54) is 24.8 Å². The van der Waals surface area contributed by atoms with E-state index < -0.39 is 0 Å². The summed E-state index contributed by atoms with van der Waals surface area (Å²) in [4.78, 5) is 0. The van der Waals surface area contributed by atoms with Crippen molar-refractivity contribution in [1.29, 1.82) is 0 Å². The highest BCUT2D eigenvalue weighted by Crippen LogP contribution is 2.22. The lowest BCUT2D eigenvalue weighted by Crippen LogP contribution is -2.41. The van der Waals surface area contributed by atoms with Crippen LogP contribution >= 0.6 is 0 Å². The fourth-order valence-electron chi connectivity index (χ4n) is 2.24. The number of hydrogen-bond acceptors (Lipinski definition) is 2. The van der Waals surface area contributed by atoms with E-state index in [2.05, 4.69) is 24.4 Å². The first kappa shape index (κ1) is 11.5. The van der Waals surface area contributed by atoms with Gasteiger partial charge in [0, 0.05) is 12.1 Å². The van der Waals surface area contributed by atoms with Gasteiger partial charge in [0.25, 0.3) is 0 Å². The lowest BCUT2D eigenvalue weighted by Gasteiger charge is -2.30. The number of nitrogens with one attached hydrogen (secondary N) is 1. The summed E-state index contributed by atoms with van der Waals surface area (Å²) in [6.45, 7) is 2.25. The first-order valence-corrected chi connectivity index (χ1v) is 6.17. The largest absolute Gasteiger partial charge is 0.496 e. The molecule has 88 valence electrons. The van der Waals surface area contributed by atoms with E-state index in [0.717, 1.165) is 18.2 Å². The van der Waals surface area contributed by atoms with E-state index in [0.29, 0.717) is 6.04 Å². The summed E-state index contributed by atoms with van der Waals surface area (Å²) in [7, 11) is 1.74. The molecule has 16 heavy (non-hydrogen) atoms. The molecule has 2 rings (SSSR count). The zero-order valence-corrected chi connectivity index (χ0v) is 10.2. The van der Waals surface area contributed by atoms with Crippen molar-refractivity contribution in [3.8, 4) is 5.75 Å². The Kier molecular flexibility index (Phi) is 3.83. The van der Waals surface area contributed by atoms with Crippen LogP contribution in [-0.2, 0) is 6.42 Å². The molecule has 1 N–H and O–H groups in total. The van der Waals surface area contributed by atoms with Gasteiger partial charge in [0.2, 0.25) is 0 Å². The van der Waals surface area contributed by atoms with Gasteiger partial charge in [-0.2, -0.15) is 0 Å². The van der Waals surface area contributed by atoms with Crippen LogP contribution in [-0.4, -0.2) is 19.2 Å². The Bertz CT molecular complexity index is 333. The number of hydrogen-bond donors (Lipinski definition) is 1. The fraction of sp³-hybridized carbons (Fsp3) is 0.571. The minimum Gasteiger partial charge on any atom is -0.496 e. The normalized spacial score (nSPS) is 17.9. The Morgan fingerprint density at radius 1 is 1.38 bits per heavy atom. The summed E-state index contributed by atoms with van der Waals surface area (Å²) in [5.41, 5.74) is 1.30. The first-order chi connectivity index (χ1) is 7.79. The van der Waals surface area contributed by atoms with E-state index in [1.807, 2.05) is 12.1 Å². The highest BCUT2D eigenvalue weighted by Gasteiger charge is 2.19. The number of para-hydroxylation sites is 1. The second-order valence-corrected chi connectivity index (χ2v) is 4.71. The van der Waals surface area contributed by atoms with Gasteiger partial charge in [-0.15, -0.1) is 0 Å². The van der Waals surface area contributed by atoms with Gasteiger partial charge in [-0.25, -0.2) is 0 Å². The van der Waals surface area contributed by atoms with Crippen molar-refractivity contribution in [2.45, 2.75) is 44.7 Å². The molecule has 1 atom stereocenters. The quantitative estimate of drug-likeness (QED) is 0.822. The van der Waals surface area contributed by atoms with Gasteiger partial charge in [-0.05, 0) is 37.8 Å². The standard InChI is InChI=1S/C14H21NO/c1-11(15-13-7-5-8-13)10-12-6-3-4-9-14(12)16-2/h3-4,6,9,11,13,15H,5,7-8,10H2,1-2H3. The zero-order chi connectivity index (χ0) is 11.4. The van der Waals surface area contributed by atoms with Crippen LogP contribution in [0.2, 0.25) is 0 Å². The highest BCUT2D eigenvalue weighted by atomic mass is 16.5. The molecule has 0 saturated heterocycles. The van der Waals surface area contributed by atoms with Crippen LogP contribution in [0, 0.1) is 0 Å². The molecule has 0 aliphatic heterocycles. The molecule has 0 spiro atoms. The maximum Gasteiger partial charge on any atom is 0.122 e. The third-order valence-corrected chi connectivity index (χ3v) is 3.34. The molecule has 0 heterocycles. The van der Waals surface area contributed by atoms with Crippen LogP contribution in [0.4, 0.5) is 0 Å². The van der Waals surface area contributed by atoms with Crippen molar-refractivity contribution >= 4 is 0 Å². The van der Waals surface area contributed by atoms with Crippen LogP contribution in [0.25, 0.3) is 0 Å². The van der Waals surface area contributed by atoms with E-state index in [4.69, 9.17) is 4.74 Å². The van der Waals surface area contributed by atoms with Crippen molar-refractivity contribution < 1.29 is 4.74 Å². The summed E-state index contributed by atoms with van der Waals surface area (Å²) in [6, 6.07) is 9.56. The molecule has 1 saturated carbocycles. The number of rotatable bonds is 5. The van der Waals surface area contributed by atoms with Crippen molar-refractivity contribution in [2.75, 3.05) is 7.11 Å². The van der Waals surface area contributed by atoms with Crippen LogP contribution in [0.3, 0.4) is 0 Å². The molecule has 0 bridgehead atoms. The Morgan fingerprint density at radius 3 is 2.75 bits per heavy atom. The predicted octanol–water partition coefficient (Wildman–Crippen LogP) is 2.77. The van der Waals surface area contributed by atoms with Gasteiger partial charge < -0.3 is 10.1 Å². The third kappa shape index (κ3) is 2.76. The molecule has 0 radical (unpaired) electrons. The molecule has 1 aromatic carbocycles. The van der Waals surface area contributed by atoms with Crippen molar-refractivity contribution in [3.63, 3.8) is 0 Å². The van der Waals surface area contributed by atoms with Crippen LogP contribution < -0.4 is 10.1 Å². The number of methoxy groups -OCH3 is 1. The molecule has 2 nitrogen and oxygen atoms in total. The molecule has 1 aliphatic rings. The van der Waals surface area contributed by atoms with Crippen LogP contribution in [0.1, 0.15) is 31.7 Å². The Morgan fingerprint density at radius 2 is 2.12 bits per heavy atom. The molecule has 1 aromatic rings. The lowest BCUT2D eigenvalue weighted by molar-refractivity contribution is 0.308. The Balaban J connectivity index is 1.91. The maximum absolute atomic E-state index is 5.36. The number of ether oxygens (including phenoxy) is 1. The van der Waals surface area contributed by atoms with Crippen molar-refractivity contribution in [3.05, 3.63) is 29.8 Å². The van der Waals surface area contributed by atoms with Crippen molar-refractivity contribution in [1.82, 2.24) is 5.32 Å². The second kappa shape index (κ2) is 5.35. The van der Waals surface area contributed by atoms with E-state index in [-0.39, 0.29) is 0 Å². The van der Waals surface area contributed by atoms with Gasteiger partial charge >= 0.3 is 0 Å². The summed E-state index contributed by atoms with van der Waals surface area (Å²) in [5, 5.41) is 3.66. The number of benzene rings is 1. The molecule has 1 aliphatic carbocycles. The van der Waals surface area contributed by atoms with Gasteiger partial charge in [0.15, 0.2) is 0 Å². The Labute approximate surface area is 98.0 Å². The summed E-state index contributed by atoms with van der Waals surface area (Å²) >= 11 is 0. The molecular formula is C14H21NO. The lowest BCUT2D eigenvalue weighted by atomic mass is 9.92. The SMILES string of the molecule is COc1ccccc1CC(C)NC1CCC1. The van der Waals surface area contributed by atoms with Gasteiger partial charge in [-0.3, -0.25) is 0 Å². The smallest absolute Gasteiger partial charge is 0.122 e. The minimum absolute atomic E-state index is 0.529.